The van der Waals surface area contributed by atoms with Crippen molar-refractivity contribution in [3.8, 4) is 10.6 Å². The van der Waals surface area contributed by atoms with Crippen LogP contribution in [-0.4, -0.2) is 41.7 Å². The smallest absolute Gasteiger partial charge is 0.409 e. The Balaban J connectivity index is 1.50. The number of carbonyl (C=O) groups is 1. The first-order valence-electron chi connectivity index (χ1n) is 7.91. The van der Waals surface area contributed by atoms with Crippen LogP contribution in [0.3, 0.4) is 0 Å². The van der Waals surface area contributed by atoms with Gasteiger partial charge in [0.2, 0.25) is 0 Å². The molecule has 0 saturated carbocycles. The summed E-state index contributed by atoms with van der Waals surface area (Å²) < 4.78 is 5.04. The molecule has 1 saturated heterocycles. The number of hydrogen-bond donors (Lipinski definition) is 1. The molecule has 0 radical (unpaired) electrons. The van der Waals surface area contributed by atoms with Crippen LogP contribution in [0.1, 0.15) is 19.0 Å². The zero-order valence-electron chi connectivity index (χ0n) is 13.2. The van der Waals surface area contributed by atoms with Crippen molar-refractivity contribution in [1.82, 2.24) is 15.2 Å². The fourth-order valence-electron chi connectivity index (χ4n) is 2.66. The Morgan fingerprint density at radius 2 is 2.26 bits per heavy atom. The molecule has 1 amide bonds. The molecule has 6 heteroatoms. The Kier molecular flexibility index (Phi) is 5.25. The van der Waals surface area contributed by atoms with Gasteiger partial charge in [0.05, 0.1) is 12.3 Å². The van der Waals surface area contributed by atoms with Crippen molar-refractivity contribution in [2.45, 2.75) is 25.9 Å². The summed E-state index contributed by atoms with van der Waals surface area (Å²) in [5, 5.41) is 6.62. The molecule has 3 rings (SSSR count). The van der Waals surface area contributed by atoms with Crippen LogP contribution in [0.5, 0.6) is 0 Å². The number of nitrogens with zero attached hydrogens (tertiary/aromatic N) is 2. The molecule has 1 N–H and O–H groups in total. The van der Waals surface area contributed by atoms with E-state index in [1.54, 1.807) is 16.2 Å². The largest absolute Gasteiger partial charge is 0.450 e. The van der Waals surface area contributed by atoms with Gasteiger partial charge in [-0.1, -0.05) is 30.3 Å². The number of carbonyl (C=O) groups excluding carboxylic acids is 1. The Morgan fingerprint density at radius 1 is 1.43 bits per heavy atom. The number of thiazole rings is 1. The van der Waals surface area contributed by atoms with E-state index in [4.69, 9.17) is 4.74 Å². The summed E-state index contributed by atoms with van der Waals surface area (Å²) >= 11 is 1.66. The molecule has 5 nitrogen and oxygen atoms in total. The van der Waals surface area contributed by atoms with Gasteiger partial charge < -0.3 is 15.0 Å². The number of rotatable bonds is 5. The van der Waals surface area contributed by atoms with Crippen molar-refractivity contribution in [2.75, 3.05) is 19.7 Å². The minimum Gasteiger partial charge on any atom is -0.450 e. The van der Waals surface area contributed by atoms with Gasteiger partial charge in [-0.15, -0.1) is 11.3 Å². The van der Waals surface area contributed by atoms with Gasteiger partial charge in [0.25, 0.3) is 0 Å². The molecule has 122 valence electrons. The SMILES string of the molecule is CCOC(=O)N1CC[C@H](NCc2csc(-c3ccccc3)n2)C1. The molecule has 1 aliphatic heterocycles. The molecule has 2 aromatic rings. The molecule has 1 aromatic heterocycles. The van der Waals surface area contributed by atoms with Crippen LogP contribution < -0.4 is 5.32 Å². The highest BCUT2D eigenvalue weighted by Crippen LogP contribution is 2.23. The second-order valence-electron chi connectivity index (χ2n) is 5.52. The third kappa shape index (κ3) is 4.09. The third-order valence-corrected chi connectivity index (χ3v) is 4.80. The topological polar surface area (TPSA) is 54.5 Å². The van der Waals surface area contributed by atoms with E-state index in [-0.39, 0.29) is 6.09 Å². The second-order valence-corrected chi connectivity index (χ2v) is 6.38. The van der Waals surface area contributed by atoms with E-state index in [9.17, 15) is 4.79 Å². The summed E-state index contributed by atoms with van der Waals surface area (Å²) in [6.07, 6.45) is 0.742. The molecule has 1 aliphatic rings. The van der Waals surface area contributed by atoms with E-state index in [2.05, 4.69) is 27.8 Å². The van der Waals surface area contributed by atoms with E-state index in [0.29, 0.717) is 19.2 Å². The maximum Gasteiger partial charge on any atom is 0.409 e. The zero-order valence-corrected chi connectivity index (χ0v) is 14.0. The molecule has 0 spiro atoms. The Morgan fingerprint density at radius 3 is 3.04 bits per heavy atom. The van der Waals surface area contributed by atoms with Gasteiger partial charge in [-0.05, 0) is 13.3 Å². The standard InChI is InChI=1S/C17H21N3O2S/c1-2-22-17(21)20-9-8-14(11-20)18-10-15-12-23-16(19-15)13-6-4-3-5-7-13/h3-7,12,14,18H,2,8-11H2,1H3/t14-/m0/s1. The number of aromatic nitrogens is 1. The average molecular weight is 331 g/mol. The zero-order chi connectivity index (χ0) is 16.1. The maximum atomic E-state index is 11.7. The van der Waals surface area contributed by atoms with Crippen LogP contribution >= 0.6 is 11.3 Å². The van der Waals surface area contributed by atoms with Crippen LogP contribution in [0.15, 0.2) is 35.7 Å². The van der Waals surface area contributed by atoms with Gasteiger partial charge in [-0.25, -0.2) is 9.78 Å². The summed E-state index contributed by atoms with van der Waals surface area (Å²) in [5.74, 6) is 0. The predicted molar refractivity (Wildman–Crippen MR) is 91.4 cm³/mol. The van der Waals surface area contributed by atoms with Crippen LogP contribution in [-0.2, 0) is 11.3 Å². The lowest BCUT2D eigenvalue weighted by atomic mass is 10.2. The maximum absolute atomic E-state index is 11.7. The third-order valence-electron chi connectivity index (χ3n) is 3.86. The molecular formula is C17H21N3O2S. The molecule has 1 fully saturated rings. The highest BCUT2D eigenvalue weighted by Gasteiger charge is 2.26. The van der Waals surface area contributed by atoms with E-state index in [0.717, 1.165) is 35.8 Å². The predicted octanol–water partition coefficient (Wildman–Crippen LogP) is 3.13. The summed E-state index contributed by atoms with van der Waals surface area (Å²) in [6.45, 7) is 4.44. The molecule has 0 aliphatic carbocycles. The highest BCUT2D eigenvalue weighted by molar-refractivity contribution is 7.13. The van der Waals surface area contributed by atoms with Crippen LogP contribution in [0.2, 0.25) is 0 Å². The Hall–Kier alpha value is -1.92. The summed E-state index contributed by atoms with van der Waals surface area (Å²) in [7, 11) is 0. The summed E-state index contributed by atoms with van der Waals surface area (Å²) in [4.78, 5) is 18.1. The fraction of sp³-hybridized carbons (Fsp3) is 0.412. The first-order valence-corrected chi connectivity index (χ1v) is 8.79. The van der Waals surface area contributed by atoms with Crippen molar-refractivity contribution in [1.29, 1.82) is 0 Å². The van der Waals surface area contributed by atoms with Gasteiger partial charge in [0.15, 0.2) is 0 Å². The van der Waals surface area contributed by atoms with E-state index >= 15 is 0 Å². The van der Waals surface area contributed by atoms with Gasteiger partial charge in [-0.2, -0.15) is 0 Å². The number of ether oxygens (including phenoxy) is 1. The summed E-state index contributed by atoms with van der Waals surface area (Å²) in [5.41, 5.74) is 2.20. The average Bonchev–Trinajstić information content (AvgIpc) is 3.23. The molecule has 0 bridgehead atoms. The first kappa shape index (κ1) is 16.0. The van der Waals surface area contributed by atoms with E-state index in [1.165, 1.54) is 0 Å². The molecule has 0 unspecified atom stereocenters. The van der Waals surface area contributed by atoms with E-state index in [1.807, 2.05) is 25.1 Å². The molecule has 2 heterocycles. The van der Waals surface area contributed by atoms with E-state index < -0.39 is 0 Å². The normalized spacial score (nSPS) is 17.4. The van der Waals surface area contributed by atoms with Gasteiger partial charge in [-0.3, -0.25) is 0 Å². The van der Waals surface area contributed by atoms with Crippen molar-refractivity contribution in [3.05, 3.63) is 41.4 Å². The van der Waals surface area contributed by atoms with Gasteiger partial charge in [0, 0.05) is 36.6 Å². The number of benzene rings is 1. The van der Waals surface area contributed by atoms with Crippen molar-refractivity contribution in [2.24, 2.45) is 0 Å². The van der Waals surface area contributed by atoms with Crippen molar-refractivity contribution < 1.29 is 9.53 Å². The number of amides is 1. The summed E-state index contributed by atoms with van der Waals surface area (Å²) in [6, 6.07) is 10.5. The monoisotopic (exact) mass is 331 g/mol. The second kappa shape index (κ2) is 7.57. The van der Waals surface area contributed by atoms with Crippen molar-refractivity contribution in [3.63, 3.8) is 0 Å². The molecular weight excluding hydrogens is 310 g/mol. The minimum atomic E-state index is -0.211. The Bertz CT molecular complexity index is 644. The number of nitrogens with one attached hydrogen (secondary N) is 1. The Labute approximate surface area is 140 Å². The van der Waals surface area contributed by atoms with Crippen LogP contribution in [0.25, 0.3) is 10.6 Å². The van der Waals surface area contributed by atoms with Crippen LogP contribution in [0, 0.1) is 0 Å². The minimum absolute atomic E-state index is 0.211. The molecule has 1 atom stereocenters. The molecule has 23 heavy (non-hydrogen) atoms. The quantitative estimate of drug-likeness (QED) is 0.914. The first-order chi connectivity index (χ1) is 11.3. The number of hydrogen-bond acceptors (Lipinski definition) is 5. The van der Waals surface area contributed by atoms with Gasteiger partial charge in [0.1, 0.15) is 5.01 Å². The fourth-order valence-corrected chi connectivity index (χ4v) is 3.48. The lowest BCUT2D eigenvalue weighted by Gasteiger charge is -2.16. The highest BCUT2D eigenvalue weighted by atomic mass is 32.1. The lowest BCUT2D eigenvalue weighted by molar-refractivity contribution is 0.115. The van der Waals surface area contributed by atoms with Crippen LogP contribution in [0.4, 0.5) is 4.79 Å². The lowest BCUT2D eigenvalue weighted by Crippen LogP contribution is -2.35. The number of likely N-dealkylation sites (tertiary alicyclic amines) is 1. The molecule has 1 aromatic carbocycles. The van der Waals surface area contributed by atoms with Crippen molar-refractivity contribution >= 4 is 17.4 Å². The van der Waals surface area contributed by atoms with Gasteiger partial charge >= 0.3 is 6.09 Å².